The molecule has 3 heterocycles. The Morgan fingerprint density at radius 1 is 1.06 bits per heavy atom. The van der Waals surface area contributed by atoms with E-state index >= 15 is 0 Å². The van der Waals surface area contributed by atoms with Gasteiger partial charge in [0.2, 0.25) is 0 Å². The van der Waals surface area contributed by atoms with Gasteiger partial charge < -0.3 is 19.9 Å². The van der Waals surface area contributed by atoms with E-state index in [1.165, 1.54) is 11.5 Å². The van der Waals surface area contributed by atoms with Crippen LogP contribution in [0.15, 0.2) is 54.6 Å². The number of nitrogens with one attached hydrogen (secondary N) is 1. The van der Waals surface area contributed by atoms with Crippen molar-refractivity contribution in [1.29, 1.82) is 0 Å². The van der Waals surface area contributed by atoms with Crippen LogP contribution in [0.2, 0.25) is 0 Å². The van der Waals surface area contributed by atoms with Crippen molar-refractivity contribution in [3.05, 3.63) is 59.5 Å². The van der Waals surface area contributed by atoms with Crippen molar-refractivity contribution in [3.63, 3.8) is 0 Å². The average Bonchev–Trinajstić information content (AvgIpc) is 3.53. The van der Waals surface area contributed by atoms with Gasteiger partial charge in [0.1, 0.15) is 16.3 Å². The standard InChI is InChI=1S/C25H27N5O2S2/c1-32-20-9-5-8-19(16-20)26-24(33)29-13-10-25(11-14-29)12-15-30(17-25)23(31)22-21(27-28-34-22)18-6-3-2-4-7-18/h2-9,16H,10-15,17H2,1H3,(H,26,33). The highest BCUT2D eigenvalue weighted by Crippen LogP contribution is 2.41. The molecule has 0 bridgehead atoms. The Morgan fingerprint density at radius 2 is 1.79 bits per heavy atom. The molecule has 2 aliphatic heterocycles. The number of rotatable bonds is 4. The van der Waals surface area contributed by atoms with Crippen molar-refractivity contribution in [3.8, 4) is 17.0 Å². The number of anilines is 1. The molecule has 2 saturated heterocycles. The predicted octanol–water partition coefficient (Wildman–Crippen LogP) is 4.54. The summed E-state index contributed by atoms with van der Waals surface area (Å²) in [5, 5.41) is 8.31. The van der Waals surface area contributed by atoms with Gasteiger partial charge in [-0.3, -0.25) is 4.79 Å². The second-order valence-corrected chi connectivity index (χ2v) is 10.1. The number of carbonyl (C=O) groups is 1. The van der Waals surface area contributed by atoms with Gasteiger partial charge in [-0.25, -0.2) is 0 Å². The molecule has 9 heteroatoms. The van der Waals surface area contributed by atoms with Crippen molar-refractivity contribution < 1.29 is 9.53 Å². The lowest BCUT2D eigenvalue weighted by molar-refractivity contribution is 0.0754. The largest absolute Gasteiger partial charge is 0.497 e. The van der Waals surface area contributed by atoms with Crippen molar-refractivity contribution in [2.24, 2.45) is 5.41 Å². The van der Waals surface area contributed by atoms with Crippen LogP contribution in [0.1, 0.15) is 28.9 Å². The molecule has 3 aromatic rings. The van der Waals surface area contributed by atoms with E-state index in [1.807, 2.05) is 59.5 Å². The Hall–Kier alpha value is -3.04. The molecule has 0 aliphatic carbocycles. The molecule has 1 amide bonds. The molecule has 7 nitrogen and oxygen atoms in total. The summed E-state index contributed by atoms with van der Waals surface area (Å²) in [7, 11) is 1.66. The van der Waals surface area contributed by atoms with Crippen LogP contribution in [0.25, 0.3) is 11.3 Å². The number of piperidine rings is 1. The van der Waals surface area contributed by atoms with E-state index in [9.17, 15) is 4.79 Å². The van der Waals surface area contributed by atoms with Gasteiger partial charge in [0, 0.05) is 43.5 Å². The summed E-state index contributed by atoms with van der Waals surface area (Å²) >= 11 is 6.86. The minimum Gasteiger partial charge on any atom is -0.497 e. The van der Waals surface area contributed by atoms with E-state index in [-0.39, 0.29) is 11.3 Å². The molecule has 2 aliphatic rings. The zero-order valence-electron chi connectivity index (χ0n) is 19.1. The molecule has 0 radical (unpaired) electrons. The highest BCUT2D eigenvalue weighted by molar-refractivity contribution is 7.80. The molecule has 1 spiro atoms. The highest BCUT2D eigenvalue weighted by Gasteiger charge is 2.43. The first-order valence-electron chi connectivity index (χ1n) is 11.4. The van der Waals surface area contributed by atoms with Crippen LogP contribution >= 0.6 is 23.8 Å². The molecule has 176 valence electrons. The predicted molar refractivity (Wildman–Crippen MR) is 138 cm³/mol. The Bertz CT molecular complexity index is 1170. The monoisotopic (exact) mass is 493 g/mol. The molecule has 1 N–H and O–H groups in total. The minimum absolute atomic E-state index is 0.0448. The van der Waals surface area contributed by atoms with E-state index in [2.05, 4.69) is 19.8 Å². The Labute approximate surface area is 208 Å². The molecule has 2 aromatic carbocycles. The molecule has 5 rings (SSSR count). The van der Waals surface area contributed by atoms with E-state index in [1.54, 1.807) is 7.11 Å². The SMILES string of the molecule is COc1cccc(NC(=S)N2CCC3(CCN(C(=O)c4snnc4-c4ccccc4)C3)CC2)c1. The summed E-state index contributed by atoms with van der Waals surface area (Å²) in [6.45, 7) is 3.32. The minimum atomic E-state index is 0.0448. The van der Waals surface area contributed by atoms with Crippen LogP contribution in [-0.2, 0) is 0 Å². The fourth-order valence-corrected chi connectivity index (χ4v) is 5.82. The number of methoxy groups -OCH3 is 1. The number of hydrogen-bond acceptors (Lipinski definition) is 6. The van der Waals surface area contributed by atoms with Gasteiger partial charge in [-0.15, -0.1) is 5.10 Å². The van der Waals surface area contributed by atoms with E-state index in [0.29, 0.717) is 10.6 Å². The second-order valence-electron chi connectivity index (χ2n) is 8.94. The Balaban J connectivity index is 1.19. The molecule has 34 heavy (non-hydrogen) atoms. The normalized spacial score (nSPS) is 17.1. The summed E-state index contributed by atoms with van der Waals surface area (Å²) < 4.78 is 9.38. The van der Waals surface area contributed by atoms with Crippen molar-refractivity contribution in [2.45, 2.75) is 19.3 Å². The molecule has 1 aromatic heterocycles. The van der Waals surface area contributed by atoms with E-state index in [4.69, 9.17) is 17.0 Å². The molecule has 0 unspecified atom stereocenters. The summed E-state index contributed by atoms with van der Waals surface area (Å²) in [5.74, 6) is 0.844. The number of ether oxygens (including phenoxy) is 1. The van der Waals surface area contributed by atoms with Gasteiger partial charge in [0.25, 0.3) is 5.91 Å². The van der Waals surface area contributed by atoms with Gasteiger partial charge in [-0.05, 0) is 60.6 Å². The first-order chi connectivity index (χ1) is 16.6. The van der Waals surface area contributed by atoms with Gasteiger partial charge in [-0.1, -0.05) is 40.9 Å². The fourth-order valence-electron chi connectivity index (χ4n) is 4.86. The lowest BCUT2D eigenvalue weighted by Crippen LogP contribution is -2.46. The third-order valence-corrected chi connectivity index (χ3v) is 7.96. The van der Waals surface area contributed by atoms with Crippen molar-refractivity contribution in [1.82, 2.24) is 19.4 Å². The maximum absolute atomic E-state index is 13.4. The number of likely N-dealkylation sites (tertiary alicyclic amines) is 2. The smallest absolute Gasteiger partial charge is 0.267 e. The van der Waals surface area contributed by atoms with Crippen LogP contribution in [-0.4, -0.2) is 63.7 Å². The zero-order chi connectivity index (χ0) is 23.5. The van der Waals surface area contributed by atoms with Gasteiger partial charge in [-0.2, -0.15) is 0 Å². The number of thiocarbonyl (C=S) groups is 1. The van der Waals surface area contributed by atoms with Crippen LogP contribution in [0.4, 0.5) is 5.69 Å². The summed E-state index contributed by atoms with van der Waals surface area (Å²) in [6.07, 6.45) is 3.06. The lowest BCUT2D eigenvalue weighted by Gasteiger charge is -2.40. The summed E-state index contributed by atoms with van der Waals surface area (Å²) in [5.41, 5.74) is 2.69. The maximum atomic E-state index is 13.4. The van der Waals surface area contributed by atoms with Crippen LogP contribution < -0.4 is 10.1 Å². The van der Waals surface area contributed by atoms with Crippen molar-refractivity contribution >= 4 is 40.5 Å². The molecule has 0 atom stereocenters. The molecule has 2 fully saturated rings. The van der Waals surface area contributed by atoms with Gasteiger partial charge >= 0.3 is 0 Å². The second kappa shape index (κ2) is 9.68. The summed E-state index contributed by atoms with van der Waals surface area (Å²) in [4.78, 5) is 18.2. The lowest BCUT2D eigenvalue weighted by atomic mass is 9.78. The fraction of sp³-hybridized carbons (Fsp3) is 0.360. The van der Waals surface area contributed by atoms with E-state index in [0.717, 1.165) is 67.6 Å². The number of amides is 1. The topological polar surface area (TPSA) is 70.6 Å². The van der Waals surface area contributed by atoms with Gasteiger partial charge in [0.05, 0.1) is 7.11 Å². The third kappa shape index (κ3) is 4.63. The molecule has 0 saturated carbocycles. The van der Waals surface area contributed by atoms with Crippen LogP contribution in [0, 0.1) is 5.41 Å². The highest BCUT2D eigenvalue weighted by atomic mass is 32.1. The maximum Gasteiger partial charge on any atom is 0.267 e. The van der Waals surface area contributed by atoms with Crippen LogP contribution in [0.5, 0.6) is 5.75 Å². The number of aromatic nitrogens is 2. The number of hydrogen-bond donors (Lipinski definition) is 1. The molecular weight excluding hydrogens is 466 g/mol. The average molecular weight is 494 g/mol. The number of carbonyl (C=O) groups excluding carboxylic acids is 1. The summed E-state index contributed by atoms with van der Waals surface area (Å²) in [6, 6.07) is 17.6. The number of nitrogens with zero attached hydrogens (tertiary/aromatic N) is 4. The van der Waals surface area contributed by atoms with Crippen LogP contribution in [0.3, 0.4) is 0 Å². The Kier molecular flexibility index (Phi) is 6.47. The quantitative estimate of drug-likeness (QED) is 0.535. The molecular formula is C25H27N5O2S2. The Morgan fingerprint density at radius 3 is 2.53 bits per heavy atom. The number of benzene rings is 2. The van der Waals surface area contributed by atoms with Crippen molar-refractivity contribution in [2.75, 3.05) is 38.6 Å². The zero-order valence-corrected chi connectivity index (χ0v) is 20.7. The third-order valence-electron chi connectivity index (χ3n) is 6.89. The first kappa shape index (κ1) is 22.7. The van der Waals surface area contributed by atoms with E-state index < -0.39 is 0 Å². The first-order valence-corrected chi connectivity index (χ1v) is 12.6. The van der Waals surface area contributed by atoms with Gasteiger partial charge in [0.15, 0.2) is 5.11 Å².